The Labute approximate surface area is 224 Å². The van der Waals surface area contributed by atoms with Gasteiger partial charge in [-0.1, -0.05) is 182 Å². The van der Waals surface area contributed by atoms with Crippen molar-refractivity contribution in [3.8, 4) is 0 Å². The van der Waals surface area contributed by atoms with Gasteiger partial charge in [0.15, 0.2) is 0 Å². The second-order valence-corrected chi connectivity index (χ2v) is 12.1. The van der Waals surface area contributed by atoms with Crippen molar-refractivity contribution in [1.29, 1.82) is 0 Å². The maximum absolute atomic E-state index is 6.07. The van der Waals surface area contributed by atoms with Crippen molar-refractivity contribution >= 4 is 0 Å². The second-order valence-electron chi connectivity index (χ2n) is 12.1. The van der Waals surface area contributed by atoms with Gasteiger partial charge in [-0.2, -0.15) is 0 Å². The molecule has 0 bridgehead atoms. The largest absolute Gasteiger partial charge is 0.381 e. The third-order valence-electron chi connectivity index (χ3n) is 7.91. The average molecular weight is 495 g/mol. The van der Waals surface area contributed by atoms with E-state index in [1.165, 1.54) is 167 Å². The average Bonchev–Trinajstić information content (AvgIpc) is 2.85. The summed E-state index contributed by atoms with van der Waals surface area (Å²) in [4.78, 5) is 0. The van der Waals surface area contributed by atoms with E-state index in [9.17, 15) is 0 Å². The van der Waals surface area contributed by atoms with E-state index in [1.807, 2.05) is 0 Å². The molecule has 0 fully saturated rings. The highest BCUT2D eigenvalue weighted by Gasteiger charge is 2.06. The zero-order chi connectivity index (χ0) is 25.7. The Morgan fingerprint density at radius 3 is 0.829 bits per heavy atom. The molecule has 0 radical (unpaired) electrons. The lowest BCUT2D eigenvalue weighted by molar-refractivity contribution is 0.0741. The Hall–Kier alpha value is -0.0400. The van der Waals surface area contributed by atoms with Crippen LogP contribution < -0.4 is 0 Å². The van der Waals surface area contributed by atoms with Crippen LogP contribution in [0.1, 0.15) is 195 Å². The lowest BCUT2D eigenvalue weighted by Gasteiger charge is -2.15. The third-order valence-corrected chi connectivity index (χ3v) is 7.91. The van der Waals surface area contributed by atoms with Gasteiger partial charge >= 0.3 is 0 Å². The summed E-state index contributed by atoms with van der Waals surface area (Å²) in [5.74, 6) is 1.47. The minimum Gasteiger partial charge on any atom is -0.381 e. The zero-order valence-corrected chi connectivity index (χ0v) is 25.4. The highest BCUT2D eigenvalue weighted by atomic mass is 16.5. The van der Waals surface area contributed by atoms with E-state index in [4.69, 9.17) is 4.74 Å². The van der Waals surface area contributed by atoms with Gasteiger partial charge in [-0.3, -0.25) is 0 Å². The molecule has 0 aliphatic carbocycles. The molecule has 0 aliphatic rings. The van der Waals surface area contributed by atoms with Crippen LogP contribution in [-0.4, -0.2) is 13.2 Å². The SMILES string of the molecule is CCCCCCCCCCCCCCC(C)COCC(C)CCCCCCCCCCCCCC. The maximum Gasteiger partial charge on any atom is 0.0491 e. The monoisotopic (exact) mass is 495 g/mol. The molecule has 0 aromatic heterocycles. The predicted octanol–water partition coefficient (Wildman–Crippen LogP) is 12.5. The van der Waals surface area contributed by atoms with Crippen LogP contribution >= 0.6 is 0 Å². The molecule has 0 rings (SSSR count). The summed E-state index contributed by atoms with van der Waals surface area (Å²) >= 11 is 0. The van der Waals surface area contributed by atoms with Crippen LogP contribution in [0.3, 0.4) is 0 Å². The van der Waals surface area contributed by atoms with Crippen molar-refractivity contribution in [3.05, 3.63) is 0 Å². The van der Waals surface area contributed by atoms with E-state index < -0.39 is 0 Å². The van der Waals surface area contributed by atoms with Gasteiger partial charge in [0, 0.05) is 13.2 Å². The standard InChI is InChI=1S/C34H70O/c1-5-7-9-11-13-15-17-19-21-23-25-27-29-33(3)31-35-32-34(4)30-28-26-24-22-20-18-16-14-12-10-8-6-2/h33-34H,5-32H2,1-4H3. The van der Waals surface area contributed by atoms with Crippen LogP contribution in [0, 0.1) is 11.8 Å². The van der Waals surface area contributed by atoms with Crippen molar-refractivity contribution in [3.63, 3.8) is 0 Å². The fraction of sp³-hybridized carbons (Fsp3) is 1.00. The van der Waals surface area contributed by atoms with Gasteiger partial charge in [0.25, 0.3) is 0 Å². The van der Waals surface area contributed by atoms with Crippen LogP contribution in [0.25, 0.3) is 0 Å². The quantitative estimate of drug-likeness (QED) is 0.0902. The summed E-state index contributed by atoms with van der Waals surface area (Å²) in [7, 11) is 0. The van der Waals surface area contributed by atoms with Gasteiger partial charge in [-0.05, 0) is 24.7 Å². The van der Waals surface area contributed by atoms with E-state index in [0.717, 1.165) is 25.0 Å². The molecule has 0 aromatic carbocycles. The molecule has 35 heavy (non-hydrogen) atoms. The first kappa shape index (κ1) is 35.0. The first-order valence-electron chi connectivity index (χ1n) is 16.8. The van der Waals surface area contributed by atoms with E-state index in [0.29, 0.717) is 0 Å². The maximum atomic E-state index is 6.07. The van der Waals surface area contributed by atoms with Gasteiger partial charge in [0.05, 0.1) is 0 Å². The number of unbranched alkanes of at least 4 members (excludes halogenated alkanes) is 22. The number of rotatable bonds is 30. The van der Waals surface area contributed by atoms with Crippen molar-refractivity contribution in [2.24, 2.45) is 11.8 Å². The third kappa shape index (κ3) is 30.1. The van der Waals surface area contributed by atoms with E-state index in [-0.39, 0.29) is 0 Å². The Morgan fingerprint density at radius 1 is 0.343 bits per heavy atom. The fourth-order valence-corrected chi connectivity index (χ4v) is 5.30. The van der Waals surface area contributed by atoms with Gasteiger partial charge in [0.1, 0.15) is 0 Å². The Balaban J connectivity index is 3.27. The minimum atomic E-state index is 0.733. The summed E-state index contributed by atoms with van der Waals surface area (Å²) in [6.45, 7) is 11.3. The zero-order valence-electron chi connectivity index (χ0n) is 25.4. The van der Waals surface area contributed by atoms with Crippen molar-refractivity contribution < 1.29 is 4.74 Å². The smallest absolute Gasteiger partial charge is 0.0491 e. The second kappa shape index (κ2) is 30.2. The molecular weight excluding hydrogens is 424 g/mol. The molecule has 212 valence electrons. The summed E-state index contributed by atoms with van der Waals surface area (Å²) in [5, 5.41) is 0. The number of hydrogen-bond acceptors (Lipinski definition) is 1. The van der Waals surface area contributed by atoms with Crippen LogP contribution in [0.5, 0.6) is 0 Å². The number of hydrogen-bond donors (Lipinski definition) is 0. The normalized spacial score (nSPS) is 13.4. The summed E-state index contributed by atoms with van der Waals surface area (Å²) in [5.41, 5.74) is 0. The summed E-state index contributed by atoms with van der Waals surface area (Å²) in [6.07, 6.45) is 37.3. The van der Waals surface area contributed by atoms with Crippen LogP contribution in [-0.2, 0) is 4.74 Å². The Kier molecular flexibility index (Phi) is 30.2. The molecule has 0 saturated heterocycles. The highest BCUT2D eigenvalue weighted by Crippen LogP contribution is 2.17. The fourth-order valence-electron chi connectivity index (χ4n) is 5.30. The van der Waals surface area contributed by atoms with E-state index >= 15 is 0 Å². The van der Waals surface area contributed by atoms with E-state index in [2.05, 4.69) is 27.7 Å². The van der Waals surface area contributed by atoms with Crippen LogP contribution in [0.4, 0.5) is 0 Å². The Morgan fingerprint density at radius 2 is 0.571 bits per heavy atom. The first-order chi connectivity index (χ1) is 17.2. The van der Waals surface area contributed by atoms with Gasteiger partial charge in [-0.25, -0.2) is 0 Å². The molecule has 0 heterocycles. The highest BCUT2D eigenvalue weighted by molar-refractivity contribution is 4.57. The topological polar surface area (TPSA) is 9.23 Å². The lowest BCUT2D eigenvalue weighted by atomic mass is 10.0. The molecule has 0 N–H and O–H groups in total. The van der Waals surface area contributed by atoms with Gasteiger partial charge in [-0.15, -0.1) is 0 Å². The van der Waals surface area contributed by atoms with Crippen molar-refractivity contribution in [2.45, 2.75) is 195 Å². The van der Waals surface area contributed by atoms with Crippen molar-refractivity contribution in [2.75, 3.05) is 13.2 Å². The first-order valence-corrected chi connectivity index (χ1v) is 16.8. The van der Waals surface area contributed by atoms with Crippen LogP contribution in [0.2, 0.25) is 0 Å². The molecule has 0 aliphatic heterocycles. The Bertz CT molecular complexity index is 332. The molecule has 2 unspecified atom stereocenters. The predicted molar refractivity (Wildman–Crippen MR) is 161 cm³/mol. The van der Waals surface area contributed by atoms with Crippen molar-refractivity contribution in [1.82, 2.24) is 0 Å². The molecule has 0 spiro atoms. The van der Waals surface area contributed by atoms with Gasteiger partial charge < -0.3 is 4.74 Å². The molecular formula is C34H70O. The molecule has 1 nitrogen and oxygen atoms in total. The molecule has 2 atom stereocenters. The summed E-state index contributed by atoms with van der Waals surface area (Å²) in [6, 6.07) is 0. The molecule has 1 heteroatoms. The van der Waals surface area contributed by atoms with Gasteiger partial charge in [0.2, 0.25) is 0 Å². The molecule has 0 aromatic rings. The minimum absolute atomic E-state index is 0.733. The molecule has 0 amide bonds. The lowest BCUT2D eigenvalue weighted by Crippen LogP contribution is -2.11. The van der Waals surface area contributed by atoms with E-state index in [1.54, 1.807) is 0 Å². The van der Waals surface area contributed by atoms with Crippen LogP contribution in [0.15, 0.2) is 0 Å². The summed E-state index contributed by atoms with van der Waals surface area (Å²) < 4.78 is 6.07. The molecule has 0 saturated carbocycles. The number of ether oxygens (including phenoxy) is 1.